The molecule has 1 aliphatic rings. The van der Waals surface area contributed by atoms with E-state index in [9.17, 15) is 14.0 Å². The standard InChI is InChI=1S/C15H19FN2O2/c1-9(2)18-15(20)12-7-11(12)14(19)17-8-10-5-3-4-6-13(10)16/h3-6,9,11-12H,7-8H2,1-2H3,(H,17,19)(H,18,20). The Bertz CT molecular complexity index is 516. The Morgan fingerprint density at radius 1 is 1.25 bits per heavy atom. The van der Waals surface area contributed by atoms with Gasteiger partial charge in [0, 0.05) is 18.2 Å². The Morgan fingerprint density at radius 2 is 1.90 bits per heavy atom. The first-order chi connectivity index (χ1) is 9.49. The summed E-state index contributed by atoms with van der Waals surface area (Å²) in [4.78, 5) is 23.6. The maximum Gasteiger partial charge on any atom is 0.224 e. The Morgan fingerprint density at radius 3 is 2.55 bits per heavy atom. The minimum Gasteiger partial charge on any atom is -0.354 e. The van der Waals surface area contributed by atoms with Crippen molar-refractivity contribution >= 4 is 11.8 Å². The highest BCUT2D eigenvalue weighted by Crippen LogP contribution is 2.38. The lowest BCUT2D eigenvalue weighted by molar-refractivity contribution is -0.127. The lowest BCUT2D eigenvalue weighted by Crippen LogP contribution is -2.33. The molecule has 108 valence electrons. The van der Waals surface area contributed by atoms with Crippen LogP contribution >= 0.6 is 0 Å². The van der Waals surface area contributed by atoms with E-state index in [4.69, 9.17) is 0 Å². The van der Waals surface area contributed by atoms with Gasteiger partial charge in [0.1, 0.15) is 5.82 Å². The van der Waals surface area contributed by atoms with Gasteiger partial charge < -0.3 is 10.6 Å². The zero-order chi connectivity index (χ0) is 14.7. The third-order valence-electron chi connectivity index (χ3n) is 3.31. The summed E-state index contributed by atoms with van der Waals surface area (Å²) >= 11 is 0. The molecular formula is C15H19FN2O2. The van der Waals surface area contributed by atoms with Crippen molar-refractivity contribution in [2.75, 3.05) is 0 Å². The molecule has 1 aromatic carbocycles. The van der Waals surface area contributed by atoms with Gasteiger partial charge in [-0.2, -0.15) is 0 Å². The molecule has 1 aromatic rings. The second kappa shape index (κ2) is 6.03. The van der Waals surface area contributed by atoms with Crippen LogP contribution in [0.15, 0.2) is 24.3 Å². The van der Waals surface area contributed by atoms with E-state index >= 15 is 0 Å². The van der Waals surface area contributed by atoms with Gasteiger partial charge in [0.05, 0.1) is 11.8 Å². The van der Waals surface area contributed by atoms with Crippen LogP contribution < -0.4 is 10.6 Å². The number of rotatable bonds is 5. The summed E-state index contributed by atoms with van der Waals surface area (Å²) in [5, 5.41) is 5.47. The minimum absolute atomic E-state index is 0.0743. The maximum atomic E-state index is 13.4. The number of amides is 2. The topological polar surface area (TPSA) is 58.2 Å². The average molecular weight is 278 g/mol. The van der Waals surface area contributed by atoms with Gasteiger partial charge in [0.25, 0.3) is 0 Å². The first kappa shape index (κ1) is 14.5. The van der Waals surface area contributed by atoms with Gasteiger partial charge >= 0.3 is 0 Å². The molecule has 2 amide bonds. The summed E-state index contributed by atoms with van der Waals surface area (Å²) in [6.45, 7) is 3.92. The number of hydrogen-bond donors (Lipinski definition) is 2. The number of carbonyl (C=O) groups excluding carboxylic acids is 2. The predicted molar refractivity (Wildman–Crippen MR) is 73.1 cm³/mol. The summed E-state index contributed by atoms with van der Waals surface area (Å²) < 4.78 is 13.4. The first-order valence-electron chi connectivity index (χ1n) is 6.80. The van der Waals surface area contributed by atoms with Crippen molar-refractivity contribution in [2.45, 2.75) is 32.9 Å². The van der Waals surface area contributed by atoms with Crippen molar-refractivity contribution in [3.63, 3.8) is 0 Å². The Kier molecular flexibility index (Phi) is 4.37. The number of hydrogen-bond acceptors (Lipinski definition) is 2. The third-order valence-corrected chi connectivity index (χ3v) is 3.31. The molecule has 0 saturated heterocycles. The van der Waals surface area contributed by atoms with Crippen LogP contribution in [0.25, 0.3) is 0 Å². The fourth-order valence-corrected chi connectivity index (χ4v) is 2.12. The smallest absolute Gasteiger partial charge is 0.224 e. The highest BCUT2D eigenvalue weighted by molar-refractivity contribution is 5.92. The largest absolute Gasteiger partial charge is 0.354 e. The van der Waals surface area contributed by atoms with Gasteiger partial charge in [-0.15, -0.1) is 0 Å². The summed E-state index contributed by atoms with van der Waals surface area (Å²) in [7, 11) is 0. The molecule has 20 heavy (non-hydrogen) atoms. The molecule has 0 radical (unpaired) electrons. The highest BCUT2D eigenvalue weighted by Gasteiger charge is 2.47. The fourth-order valence-electron chi connectivity index (χ4n) is 2.12. The van der Waals surface area contributed by atoms with E-state index in [-0.39, 0.29) is 42.1 Å². The summed E-state index contributed by atoms with van der Waals surface area (Å²) in [5.74, 6) is -1.11. The van der Waals surface area contributed by atoms with Gasteiger partial charge in [0.2, 0.25) is 11.8 Å². The van der Waals surface area contributed by atoms with E-state index in [1.165, 1.54) is 6.07 Å². The minimum atomic E-state index is -0.335. The van der Waals surface area contributed by atoms with E-state index in [1.54, 1.807) is 18.2 Å². The molecule has 0 heterocycles. The Labute approximate surface area is 117 Å². The Balaban J connectivity index is 1.80. The molecule has 1 aliphatic carbocycles. The molecule has 2 unspecified atom stereocenters. The summed E-state index contributed by atoms with van der Waals surface area (Å²) in [6, 6.07) is 6.39. The number of carbonyl (C=O) groups is 2. The lowest BCUT2D eigenvalue weighted by atomic mass is 10.2. The molecule has 4 nitrogen and oxygen atoms in total. The Hall–Kier alpha value is -1.91. The van der Waals surface area contributed by atoms with Crippen molar-refractivity contribution in [1.29, 1.82) is 0 Å². The van der Waals surface area contributed by atoms with Gasteiger partial charge in [-0.1, -0.05) is 18.2 Å². The van der Waals surface area contributed by atoms with Crippen molar-refractivity contribution < 1.29 is 14.0 Å². The van der Waals surface area contributed by atoms with Crippen molar-refractivity contribution in [2.24, 2.45) is 11.8 Å². The van der Waals surface area contributed by atoms with Crippen molar-refractivity contribution in [1.82, 2.24) is 10.6 Å². The zero-order valence-electron chi connectivity index (χ0n) is 11.7. The van der Waals surface area contributed by atoms with Crippen molar-refractivity contribution in [3.05, 3.63) is 35.6 Å². The monoisotopic (exact) mass is 278 g/mol. The van der Waals surface area contributed by atoms with E-state index in [1.807, 2.05) is 13.8 Å². The maximum absolute atomic E-state index is 13.4. The van der Waals surface area contributed by atoms with Crippen LogP contribution in [0.1, 0.15) is 25.8 Å². The molecule has 0 bridgehead atoms. The van der Waals surface area contributed by atoms with E-state index < -0.39 is 0 Å². The molecule has 2 atom stereocenters. The fraction of sp³-hybridized carbons (Fsp3) is 0.467. The zero-order valence-corrected chi connectivity index (χ0v) is 11.7. The lowest BCUT2D eigenvalue weighted by Gasteiger charge is -2.08. The van der Waals surface area contributed by atoms with E-state index in [0.717, 1.165) is 0 Å². The van der Waals surface area contributed by atoms with Crippen LogP contribution in [0.3, 0.4) is 0 Å². The second-order valence-electron chi connectivity index (χ2n) is 5.42. The molecular weight excluding hydrogens is 259 g/mol. The number of halogens is 1. The van der Waals surface area contributed by atoms with Crippen LogP contribution in [0.2, 0.25) is 0 Å². The average Bonchev–Trinajstić information content (AvgIpc) is 3.17. The molecule has 2 rings (SSSR count). The van der Waals surface area contributed by atoms with Gasteiger partial charge in [-0.3, -0.25) is 9.59 Å². The normalized spacial score (nSPS) is 20.6. The van der Waals surface area contributed by atoms with E-state index in [2.05, 4.69) is 10.6 Å². The first-order valence-corrected chi connectivity index (χ1v) is 6.80. The molecule has 5 heteroatoms. The molecule has 2 N–H and O–H groups in total. The second-order valence-corrected chi connectivity index (χ2v) is 5.42. The van der Waals surface area contributed by atoms with Crippen LogP contribution in [0, 0.1) is 17.7 Å². The quantitative estimate of drug-likeness (QED) is 0.859. The van der Waals surface area contributed by atoms with Crippen molar-refractivity contribution in [3.8, 4) is 0 Å². The molecule has 0 aromatic heterocycles. The number of benzene rings is 1. The molecule has 1 saturated carbocycles. The van der Waals surface area contributed by atoms with Gasteiger partial charge in [-0.05, 0) is 26.3 Å². The van der Waals surface area contributed by atoms with Crippen LogP contribution in [-0.4, -0.2) is 17.9 Å². The van der Waals surface area contributed by atoms with Crippen LogP contribution in [0.5, 0.6) is 0 Å². The van der Waals surface area contributed by atoms with Crippen LogP contribution in [0.4, 0.5) is 4.39 Å². The molecule has 0 spiro atoms. The van der Waals surface area contributed by atoms with E-state index in [0.29, 0.717) is 12.0 Å². The van der Waals surface area contributed by atoms with Gasteiger partial charge in [-0.25, -0.2) is 4.39 Å². The predicted octanol–water partition coefficient (Wildman–Crippen LogP) is 1.60. The SMILES string of the molecule is CC(C)NC(=O)C1CC1C(=O)NCc1ccccc1F. The third kappa shape index (κ3) is 3.56. The van der Waals surface area contributed by atoms with Crippen LogP contribution in [-0.2, 0) is 16.1 Å². The molecule has 0 aliphatic heterocycles. The molecule has 1 fully saturated rings. The highest BCUT2D eigenvalue weighted by atomic mass is 19.1. The summed E-state index contributed by atoms with van der Waals surface area (Å²) in [5.41, 5.74) is 0.449. The number of nitrogens with one attached hydrogen (secondary N) is 2. The van der Waals surface area contributed by atoms with Gasteiger partial charge in [0.15, 0.2) is 0 Å². The summed E-state index contributed by atoms with van der Waals surface area (Å²) in [6.07, 6.45) is 0.571.